The summed E-state index contributed by atoms with van der Waals surface area (Å²) in [6, 6.07) is 6.69. The normalized spacial score (nSPS) is 10.9. The van der Waals surface area contributed by atoms with Gasteiger partial charge in [-0.3, -0.25) is 9.78 Å². The molecule has 8 heteroatoms. The molecule has 2 aromatic carbocycles. The quantitative estimate of drug-likeness (QED) is 0.696. The molecule has 2 N–H and O–H groups in total. The molecule has 112 valence electrons. The highest BCUT2D eigenvalue weighted by Crippen LogP contribution is 2.25. The second kappa shape index (κ2) is 5.47. The zero-order valence-corrected chi connectivity index (χ0v) is 12.3. The lowest BCUT2D eigenvalue weighted by molar-refractivity contribution is 0.102. The maximum atomic E-state index is 13.4. The van der Waals surface area contributed by atoms with Gasteiger partial charge in [0.25, 0.3) is 5.91 Å². The van der Waals surface area contributed by atoms with Crippen LogP contribution in [0.4, 0.5) is 10.1 Å². The summed E-state index contributed by atoms with van der Waals surface area (Å²) in [6.07, 6.45) is 0. The van der Waals surface area contributed by atoms with Crippen LogP contribution in [0.3, 0.4) is 0 Å². The van der Waals surface area contributed by atoms with Gasteiger partial charge >= 0.3 is 5.76 Å². The third-order valence-corrected chi connectivity index (χ3v) is 3.53. The average molecular weight is 341 g/mol. The van der Waals surface area contributed by atoms with Crippen molar-refractivity contribution in [1.82, 2.24) is 4.98 Å². The van der Waals surface area contributed by atoms with Crippen molar-refractivity contribution in [3.8, 4) is 0 Å². The molecular formula is C14H7Cl2FN2O3. The summed E-state index contributed by atoms with van der Waals surface area (Å²) < 4.78 is 18.3. The minimum Gasteiger partial charge on any atom is -0.408 e. The molecule has 1 aromatic heterocycles. The molecule has 0 saturated heterocycles. The summed E-state index contributed by atoms with van der Waals surface area (Å²) in [6.45, 7) is 0. The monoisotopic (exact) mass is 340 g/mol. The second-order valence-electron chi connectivity index (χ2n) is 4.43. The predicted molar refractivity (Wildman–Crippen MR) is 81.2 cm³/mol. The molecular weight excluding hydrogens is 334 g/mol. The first-order chi connectivity index (χ1) is 10.4. The zero-order valence-electron chi connectivity index (χ0n) is 10.7. The number of fused-ring (bicyclic) bond motifs is 1. The van der Waals surface area contributed by atoms with Gasteiger partial charge in [-0.1, -0.05) is 23.2 Å². The van der Waals surface area contributed by atoms with E-state index in [1.807, 2.05) is 0 Å². The van der Waals surface area contributed by atoms with Gasteiger partial charge in [0.05, 0.1) is 21.1 Å². The Morgan fingerprint density at radius 1 is 1.18 bits per heavy atom. The second-order valence-corrected chi connectivity index (χ2v) is 5.24. The number of benzene rings is 2. The van der Waals surface area contributed by atoms with Crippen LogP contribution in [0.25, 0.3) is 11.1 Å². The molecule has 0 aliphatic rings. The number of nitrogens with one attached hydrogen (secondary N) is 2. The fourth-order valence-electron chi connectivity index (χ4n) is 1.92. The molecule has 1 heterocycles. The Labute approximate surface area is 132 Å². The van der Waals surface area contributed by atoms with Crippen LogP contribution in [0.15, 0.2) is 39.5 Å². The van der Waals surface area contributed by atoms with Gasteiger partial charge < -0.3 is 9.73 Å². The Morgan fingerprint density at radius 3 is 2.73 bits per heavy atom. The molecule has 0 spiro atoms. The van der Waals surface area contributed by atoms with Crippen molar-refractivity contribution in [3.63, 3.8) is 0 Å². The Balaban J connectivity index is 1.92. The highest BCUT2D eigenvalue weighted by atomic mass is 35.5. The first-order valence-electron chi connectivity index (χ1n) is 6.03. The lowest BCUT2D eigenvalue weighted by atomic mass is 10.2. The van der Waals surface area contributed by atoms with Crippen molar-refractivity contribution in [1.29, 1.82) is 0 Å². The Kier molecular flexibility index (Phi) is 3.64. The minimum absolute atomic E-state index is 0.0293. The molecule has 22 heavy (non-hydrogen) atoms. The van der Waals surface area contributed by atoms with Gasteiger partial charge in [-0.05, 0) is 30.3 Å². The number of anilines is 1. The van der Waals surface area contributed by atoms with Gasteiger partial charge in [-0.25, -0.2) is 9.18 Å². The van der Waals surface area contributed by atoms with Gasteiger partial charge in [0, 0.05) is 5.69 Å². The number of oxazole rings is 1. The number of aromatic nitrogens is 1. The van der Waals surface area contributed by atoms with E-state index in [-0.39, 0.29) is 15.6 Å². The van der Waals surface area contributed by atoms with Crippen LogP contribution >= 0.6 is 23.2 Å². The van der Waals surface area contributed by atoms with Crippen molar-refractivity contribution in [2.45, 2.75) is 0 Å². The smallest absolute Gasteiger partial charge is 0.408 e. The molecule has 0 saturated carbocycles. The summed E-state index contributed by atoms with van der Waals surface area (Å²) in [4.78, 5) is 25.7. The summed E-state index contributed by atoms with van der Waals surface area (Å²) >= 11 is 11.5. The van der Waals surface area contributed by atoms with E-state index in [0.29, 0.717) is 16.8 Å². The maximum absolute atomic E-state index is 13.4. The molecule has 5 nitrogen and oxygen atoms in total. The summed E-state index contributed by atoms with van der Waals surface area (Å²) in [5, 5.41) is 2.41. The van der Waals surface area contributed by atoms with Crippen LogP contribution in [-0.2, 0) is 0 Å². The molecule has 0 unspecified atom stereocenters. The number of halogens is 3. The van der Waals surface area contributed by atoms with Gasteiger partial charge in [-0.2, -0.15) is 0 Å². The molecule has 0 aliphatic carbocycles. The molecule has 1 amide bonds. The highest BCUT2D eigenvalue weighted by Gasteiger charge is 2.15. The summed E-state index contributed by atoms with van der Waals surface area (Å²) in [5.41, 5.74) is 1.13. The summed E-state index contributed by atoms with van der Waals surface area (Å²) in [5.74, 6) is -1.95. The standard InChI is InChI=1S/C14H7Cl2FN2O3/c15-8-5-9(16)10(17)4-7(8)13(20)18-6-1-2-12-11(3-6)19-14(21)22-12/h1-5H,(H,18,20)(H,19,21). The average Bonchev–Trinajstić information content (AvgIpc) is 2.82. The molecule has 0 aliphatic heterocycles. The Bertz CT molecular complexity index is 949. The van der Waals surface area contributed by atoms with Crippen molar-refractivity contribution in [2.75, 3.05) is 5.32 Å². The van der Waals surface area contributed by atoms with Crippen molar-refractivity contribution in [2.24, 2.45) is 0 Å². The largest absolute Gasteiger partial charge is 0.417 e. The Hall–Kier alpha value is -2.31. The van der Waals surface area contributed by atoms with Gasteiger partial charge in [0.2, 0.25) is 0 Å². The number of carbonyl (C=O) groups excluding carboxylic acids is 1. The molecule has 0 fully saturated rings. The molecule has 0 atom stereocenters. The number of carbonyl (C=O) groups is 1. The first kappa shape index (κ1) is 14.6. The van der Waals surface area contributed by atoms with E-state index in [1.54, 1.807) is 0 Å². The summed E-state index contributed by atoms with van der Waals surface area (Å²) in [7, 11) is 0. The third-order valence-electron chi connectivity index (χ3n) is 2.93. The van der Waals surface area contributed by atoms with E-state index in [9.17, 15) is 14.0 Å². The number of H-pyrrole nitrogens is 1. The maximum Gasteiger partial charge on any atom is 0.417 e. The van der Waals surface area contributed by atoms with E-state index >= 15 is 0 Å². The number of aromatic amines is 1. The fourth-order valence-corrected chi connectivity index (χ4v) is 2.39. The van der Waals surface area contributed by atoms with Crippen LogP contribution in [0.5, 0.6) is 0 Å². The molecule has 3 rings (SSSR count). The van der Waals surface area contributed by atoms with Crippen molar-refractivity contribution < 1.29 is 13.6 Å². The van der Waals surface area contributed by atoms with Crippen LogP contribution in [0.1, 0.15) is 10.4 Å². The van der Waals surface area contributed by atoms with Crippen LogP contribution < -0.4 is 11.1 Å². The number of hydrogen-bond acceptors (Lipinski definition) is 3. The highest BCUT2D eigenvalue weighted by molar-refractivity contribution is 6.37. The number of rotatable bonds is 2. The van der Waals surface area contributed by atoms with E-state index < -0.39 is 17.5 Å². The predicted octanol–water partition coefficient (Wildman–Crippen LogP) is 3.82. The van der Waals surface area contributed by atoms with Crippen molar-refractivity contribution in [3.05, 3.63) is 62.3 Å². The van der Waals surface area contributed by atoms with Crippen LogP contribution in [0.2, 0.25) is 10.0 Å². The SMILES string of the molecule is O=C(Nc1ccc2oc(=O)[nH]c2c1)c1cc(F)c(Cl)cc1Cl. The first-order valence-corrected chi connectivity index (χ1v) is 6.78. The topological polar surface area (TPSA) is 75.1 Å². The van der Waals surface area contributed by atoms with Gasteiger partial charge in [-0.15, -0.1) is 0 Å². The Morgan fingerprint density at radius 2 is 1.95 bits per heavy atom. The van der Waals surface area contributed by atoms with E-state index in [2.05, 4.69) is 10.3 Å². The van der Waals surface area contributed by atoms with Crippen LogP contribution in [0, 0.1) is 5.82 Å². The molecule has 0 radical (unpaired) electrons. The minimum atomic E-state index is -0.745. The van der Waals surface area contributed by atoms with Gasteiger partial charge in [0.15, 0.2) is 5.58 Å². The van der Waals surface area contributed by atoms with E-state index in [1.165, 1.54) is 18.2 Å². The third kappa shape index (κ3) is 2.70. The van der Waals surface area contributed by atoms with Crippen molar-refractivity contribution >= 4 is 45.9 Å². The zero-order chi connectivity index (χ0) is 15.9. The number of amides is 1. The molecule has 0 bridgehead atoms. The number of hydrogen-bond donors (Lipinski definition) is 2. The lowest BCUT2D eigenvalue weighted by Gasteiger charge is -2.07. The lowest BCUT2D eigenvalue weighted by Crippen LogP contribution is -2.12. The van der Waals surface area contributed by atoms with Crippen LogP contribution in [-0.4, -0.2) is 10.9 Å². The van der Waals surface area contributed by atoms with E-state index in [4.69, 9.17) is 27.6 Å². The van der Waals surface area contributed by atoms with E-state index in [0.717, 1.165) is 12.1 Å². The molecule has 3 aromatic rings. The van der Waals surface area contributed by atoms with Gasteiger partial charge in [0.1, 0.15) is 5.82 Å². The fraction of sp³-hybridized carbons (Fsp3) is 0.